The van der Waals surface area contributed by atoms with Gasteiger partial charge < -0.3 is 19.4 Å². The third-order valence-electron chi connectivity index (χ3n) is 8.01. The summed E-state index contributed by atoms with van der Waals surface area (Å²) in [4.78, 5) is 39.7. The van der Waals surface area contributed by atoms with Gasteiger partial charge in [-0.15, -0.1) is 0 Å². The van der Waals surface area contributed by atoms with Crippen LogP contribution in [-0.2, 0) is 15.7 Å². The molecule has 1 amide bonds. The average molecular weight is 590 g/mol. The number of hydrogen-bond acceptors (Lipinski definition) is 7. The second-order valence-corrected chi connectivity index (χ2v) is 13.0. The molecule has 11 heteroatoms. The molecule has 224 valence electrons. The van der Waals surface area contributed by atoms with E-state index in [1.165, 1.54) is 6.07 Å². The van der Waals surface area contributed by atoms with Crippen molar-refractivity contribution in [1.82, 2.24) is 24.8 Å². The zero-order valence-electron chi connectivity index (χ0n) is 24.9. The van der Waals surface area contributed by atoms with Gasteiger partial charge in [0.05, 0.1) is 22.6 Å². The number of imidazole rings is 1. The predicted molar refractivity (Wildman–Crippen MR) is 155 cm³/mol. The number of rotatable bonds is 5. The maximum absolute atomic E-state index is 13.4. The van der Waals surface area contributed by atoms with E-state index < -0.39 is 35.3 Å². The molecule has 2 aliphatic rings. The number of Topliss-reactive ketones (excluding diaryl/α,β-unsaturated/α-hetero) is 1. The number of nitrogens with zero attached hydrogens (tertiary/aromatic N) is 4. The molecule has 2 aromatic carbocycles. The highest BCUT2D eigenvalue weighted by Gasteiger charge is 2.49. The number of benzene rings is 2. The molecule has 6 rings (SSSR count). The van der Waals surface area contributed by atoms with Gasteiger partial charge in [-0.05, 0) is 64.8 Å². The summed E-state index contributed by atoms with van der Waals surface area (Å²) in [5.74, 6) is 1.06. The molecule has 9 nitrogen and oxygen atoms in total. The second-order valence-electron chi connectivity index (χ2n) is 13.0. The van der Waals surface area contributed by atoms with Gasteiger partial charge in [-0.2, -0.15) is 8.78 Å². The Morgan fingerprint density at radius 1 is 1.09 bits per heavy atom. The van der Waals surface area contributed by atoms with Crippen molar-refractivity contribution in [1.29, 1.82) is 0 Å². The summed E-state index contributed by atoms with van der Waals surface area (Å²) in [7, 11) is 0. The van der Waals surface area contributed by atoms with Gasteiger partial charge in [-0.1, -0.05) is 25.1 Å². The third kappa shape index (κ3) is 5.10. The summed E-state index contributed by atoms with van der Waals surface area (Å²) in [6, 6.07) is 10.1. The summed E-state index contributed by atoms with van der Waals surface area (Å²) in [5, 5.41) is 2.82. The van der Waals surface area contributed by atoms with E-state index in [0.29, 0.717) is 23.4 Å². The lowest BCUT2D eigenvalue weighted by atomic mass is 9.82. The Bertz CT molecular complexity index is 1760. The number of alkyl halides is 2. The largest absolute Gasteiger partial charge is 0.444 e. The molecule has 0 radical (unpaired) electrons. The number of amides is 1. The molecule has 0 fully saturated rings. The van der Waals surface area contributed by atoms with Crippen LogP contribution in [0.4, 0.5) is 13.6 Å². The molecule has 0 saturated heterocycles. The Labute approximate surface area is 247 Å². The van der Waals surface area contributed by atoms with Gasteiger partial charge in [0.2, 0.25) is 0 Å². The van der Waals surface area contributed by atoms with E-state index in [4.69, 9.17) is 14.5 Å². The Morgan fingerprint density at radius 2 is 1.81 bits per heavy atom. The molecule has 43 heavy (non-hydrogen) atoms. The third-order valence-corrected chi connectivity index (χ3v) is 8.01. The molecule has 1 aliphatic carbocycles. The quantitative estimate of drug-likeness (QED) is 0.276. The topological polar surface area (TPSA) is 108 Å². The molecule has 0 saturated carbocycles. The SMILES string of the molecule is CC(C)(C)OC(=O)NC(C)(C)c1ncc(-c2ccc3nc4n(c3c2)[C@@H]2C[C@@]4(C)CC(=O)c3cccc(OC(F)F)c32)cn1. The highest BCUT2D eigenvalue weighted by atomic mass is 19.3. The number of alkyl carbamates (subject to hydrolysis) is 1. The van der Waals surface area contributed by atoms with Gasteiger partial charge in [0.1, 0.15) is 17.2 Å². The number of carbonyl (C=O) groups is 2. The van der Waals surface area contributed by atoms with Gasteiger partial charge in [-0.25, -0.2) is 19.7 Å². The molecule has 1 aliphatic heterocycles. The minimum absolute atomic E-state index is 0.00699. The van der Waals surface area contributed by atoms with Crippen LogP contribution in [-0.4, -0.2) is 43.6 Å². The van der Waals surface area contributed by atoms with Crippen molar-refractivity contribution in [3.05, 3.63) is 71.6 Å². The molecular formula is C32H33F2N5O4. The minimum Gasteiger partial charge on any atom is -0.444 e. The van der Waals surface area contributed by atoms with Crippen LogP contribution >= 0.6 is 0 Å². The molecule has 0 unspecified atom stereocenters. The highest BCUT2D eigenvalue weighted by molar-refractivity contribution is 6.00. The van der Waals surface area contributed by atoms with Gasteiger partial charge in [0.15, 0.2) is 11.6 Å². The van der Waals surface area contributed by atoms with Crippen molar-refractivity contribution in [2.24, 2.45) is 0 Å². The number of hydrogen-bond donors (Lipinski definition) is 1. The summed E-state index contributed by atoms with van der Waals surface area (Å²) < 4.78 is 39.2. The zero-order chi connectivity index (χ0) is 30.9. The number of aromatic nitrogens is 4. The first-order valence-corrected chi connectivity index (χ1v) is 14.1. The molecule has 2 bridgehead atoms. The maximum Gasteiger partial charge on any atom is 0.408 e. The molecule has 1 N–H and O–H groups in total. The lowest BCUT2D eigenvalue weighted by Crippen LogP contribution is -2.44. The molecule has 4 aromatic rings. The second kappa shape index (κ2) is 9.82. The van der Waals surface area contributed by atoms with Crippen LogP contribution in [0.1, 0.15) is 88.0 Å². The summed E-state index contributed by atoms with van der Waals surface area (Å²) >= 11 is 0. The fraction of sp³-hybridized carbons (Fsp3) is 0.406. The first kappa shape index (κ1) is 28.7. The maximum atomic E-state index is 13.4. The molecule has 0 spiro atoms. The fourth-order valence-electron chi connectivity index (χ4n) is 6.20. The van der Waals surface area contributed by atoms with Crippen LogP contribution in [0.25, 0.3) is 22.2 Å². The number of nitrogens with one attached hydrogen (secondary N) is 1. The van der Waals surface area contributed by atoms with Crippen LogP contribution in [0.3, 0.4) is 0 Å². The van der Waals surface area contributed by atoms with Crippen LogP contribution < -0.4 is 10.1 Å². The lowest BCUT2D eigenvalue weighted by molar-refractivity contribution is -0.0507. The van der Waals surface area contributed by atoms with Crippen LogP contribution in [0.5, 0.6) is 5.75 Å². The minimum atomic E-state index is -3.02. The van der Waals surface area contributed by atoms with E-state index in [9.17, 15) is 18.4 Å². The number of carbonyl (C=O) groups excluding carboxylic acids is 2. The standard InChI is InChI=1S/C32H33F2N5O4/c1-30(2,3)43-29(41)38-31(4,5)26-35-15-18(16-36-26)17-10-11-20-21(12-17)39-22-13-32(6,27(39)37-20)14-23(40)19-8-7-9-24(25(19)22)42-28(33)34/h7-12,15-16,22,28H,13-14H2,1-6H3,(H,38,41)/t22-,32+/m1/s1. The first-order chi connectivity index (χ1) is 20.1. The molecule has 2 aromatic heterocycles. The normalized spacial score (nSPS) is 19.7. The highest BCUT2D eigenvalue weighted by Crippen LogP contribution is 2.53. The molecular weight excluding hydrogens is 556 g/mol. The van der Waals surface area contributed by atoms with Gasteiger partial charge in [-0.3, -0.25) is 4.79 Å². The van der Waals surface area contributed by atoms with E-state index >= 15 is 0 Å². The van der Waals surface area contributed by atoms with Crippen molar-refractivity contribution in [2.75, 3.05) is 0 Å². The summed E-state index contributed by atoms with van der Waals surface area (Å²) in [6.07, 6.45) is 3.57. The van der Waals surface area contributed by atoms with Gasteiger partial charge >= 0.3 is 12.7 Å². The van der Waals surface area contributed by atoms with Crippen molar-refractivity contribution in [2.45, 2.75) is 83.6 Å². The van der Waals surface area contributed by atoms with Crippen molar-refractivity contribution >= 4 is 22.9 Å². The van der Waals surface area contributed by atoms with Crippen molar-refractivity contribution in [3.8, 4) is 16.9 Å². The Kier molecular flexibility index (Phi) is 6.55. The lowest BCUT2D eigenvalue weighted by Gasteiger charge is -2.27. The van der Waals surface area contributed by atoms with Crippen LogP contribution in [0.2, 0.25) is 0 Å². The van der Waals surface area contributed by atoms with E-state index in [1.807, 2.05) is 25.1 Å². The van der Waals surface area contributed by atoms with Crippen LogP contribution in [0.15, 0.2) is 48.8 Å². The van der Waals surface area contributed by atoms with Crippen molar-refractivity contribution < 1.29 is 27.8 Å². The Morgan fingerprint density at radius 3 is 2.49 bits per heavy atom. The number of ketones is 1. The summed E-state index contributed by atoms with van der Waals surface area (Å²) in [5.41, 5.74) is 1.90. The van der Waals surface area contributed by atoms with E-state index in [2.05, 4.69) is 19.9 Å². The Hall–Kier alpha value is -4.41. The number of ether oxygens (including phenoxy) is 2. The Balaban J connectivity index is 1.38. The summed E-state index contributed by atoms with van der Waals surface area (Å²) in [6.45, 7) is 7.95. The van der Waals surface area contributed by atoms with Crippen molar-refractivity contribution in [3.63, 3.8) is 0 Å². The molecule has 2 atom stereocenters. The van der Waals surface area contributed by atoms with Gasteiger partial charge in [0, 0.05) is 40.9 Å². The predicted octanol–water partition coefficient (Wildman–Crippen LogP) is 6.69. The first-order valence-electron chi connectivity index (χ1n) is 14.1. The smallest absolute Gasteiger partial charge is 0.408 e. The van der Waals surface area contributed by atoms with E-state index in [1.54, 1.807) is 59.1 Å². The monoisotopic (exact) mass is 589 g/mol. The van der Waals surface area contributed by atoms with E-state index in [-0.39, 0.29) is 18.0 Å². The molecule has 3 heterocycles. The number of halogens is 2. The average Bonchev–Trinajstić information content (AvgIpc) is 3.38. The van der Waals surface area contributed by atoms with E-state index in [0.717, 1.165) is 28.0 Å². The zero-order valence-corrected chi connectivity index (χ0v) is 24.9. The van der Waals surface area contributed by atoms with Crippen LogP contribution in [0, 0.1) is 0 Å². The van der Waals surface area contributed by atoms with Gasteiger partial charge in [0.25, 0.3) is 0 Å². The fourth-order valence-corrected chi connectivity index (χ4v) is 6.20. The number of fused-ring (bicyclic) bond motifs is 9.